The van der Waals surface area contributed by atoms with Crippen molar-refractivity contribution in [2.75, 3.05) is 11.9 Å². The molecular formula is C18H19ClN2O2. The number of hydrogen-bond donors (Lipinski definition) is 2. The van der Waals surface area contributed by atoms with E-state index in [1.165, 1.54) is 0 Å². The lowest BCUT2D eigenvalue weighted by molar-refractivity contribution is -0.116. The van der Waals surface area contributed by atoms with Crippen molar-refractivity contribution in [3.8, 4) is 0 Å². The monoisotopic (exact) mass is 330 g/mol. The number of carbonyl (C=O) groups is 2. The largest absolute Gasteiger partial charge is 0.351 e. The molecule has 0 aliphatic heterocycles. The molecule has 4 nitrogen and oxygen atoms in total. The maximum absolute atomic E-state index is 12.0. The number of amides is 2. The van der Waals surface area contributed by atoms with Crippen LogP contribution in [0, 0.1) is 13.8 Å². The van der Waals surface area contributed by atoms with Crippen molar-refractivity contribution in [1.29, 1.82) is 0 Å². The molecule has 2 amide bonds. The van der Waals surface area contributed by atoms with Gasteiger partial charge in [-0.05, 0) is 37.6 Å². The molecular weight excluding hydrogens is 312 g/mol. The number of halogens is 1. The van der Waals surface area contributed by atoms with Crippen LogP contribution in [-0.2, 0) is 4.79 Å². The summed E-state index contributed by atoms with van der Waals surface area (Å²) in [6.07, 6.45) is 0.198. The zero-order valence-corrected chi connectivity index (χ0v) is 13.9. The first-order valence-electron chi connectivity index (χ1n) is 7.37. The molecule has 0 aliphatic rings. The average Bonchev–Trinajstić information content (AvgIpc) is 2.50. The van der Waals surface area contributed by atoms with Gasteiger partial charge in [-0.2, -0.15) is 0 Å². The minimum atomic E-state index is -0.282. The predicted molar refractivity (Wildman–Crippen MR) is 92.9 cm³/mol. The van der Waals surface area contributed by atoms with Gasteiger partial charge in [-0.1, -0.05) is 41.4 Å². The van der Waals surface area contributed by atoms with E-state index in [0.29, 0.717) is 10.6 Å². The molecule has 0 atom stereocenters. The SMILES string of the molecule is Cc1ccc(NC(=O)CCNC(=O)c2ccccc2Cl)c(C)c1. The highest BCUT2D eigenvalue weighted by Gasteiger charge is 2.10. The molecule has 2 N–H and O–H groups in total. The zero-order chi connectivity index (χ0) is 16.8. The lowest BCUT2D eigenvalue weighted by Gasteiger charge is -2.10. The quantitative estimate of drug-likeness (QED) is 0.878. The summed E-state index contributed by atoms with van der Waals surface area (Å²) in [4.78, 5) is 23.9. The molecule has 0 aromatic heterocycles. The summed E-state index contributed by atoms with van der Waals surface area (Å²) in [7, 11) is 0. The smallest absolute Gasteiger partial charge is 0.252 e. The molecule has 0 saturated carbocycles. The second-order valence-corrected chi connectivity index (χ2v) is 5.76. The number of aryl methyl sites for hydroxylation is 2. The highest BCUT2D eigenvalue weighted by molar-refractivity contribution is 6.33. The number of anilines is 1. The number of nitrogens with one attached hydrogen (secondary N) is 2. The lowest BCUT2D eigenvalue weighted by atomic mass is 10.1. The first-order valence-corrected chi connectivity index (χ1v) is 7.75. The standard InChI is InChI=1S/C18H19ClN2O2/c1-12-7-8-16(13(2)11-12)21-17(22)9-10-20-18(23)14-5-3-4-6-15(14)19/h3-8,11H,9-10H2,1-2H3,(H,20,23)(H,21,22). The van der Waals surface area contributed by atoms with Gasteiger partial charge in [0.05, 0.1) is 10.6 Å². The Morgan fingerprint density at radius 3 is 2.52 bits per heavy atom. The van der Waals surface area contributed by atoms with Crippen LogP contribution >= 0.6 is 11.6 Å². The molecule has 23 heavy (non-hydrogen) atoms. The van der Waals surface area contributed by atoms with Gasteiger partial charge >= 0.3 is 0 Å². The van der Waals surface area contributed by atoms with Crippen molar-refractivity contribution < 1.29 is 9.59 Å². The summed E-state index contributed by atoms with van der Waals surface area (Å²) in [5, 5.41) is 5.94. The van der Waals surface area contributed by atoms with Crippen molar-refractivity contribution in [3.05, 3.63) is 64.2 Å². The summed E-state index contributed by atoms with van der Waals surface area (Å²) in [6, 6.07) is 12.6. The fourth-order valence-electron chi connectivity index (χ4n) is 2.20. The maximum Gasteiger partial charge on any atom is 0.252 e. The molecule has 2 aromatic carbocycles. The first kappa shape index (κ1) is 17.0. The normalized spacial score (nSPS) is 10.2. The van der Waals surface area contributed by atoms with Crippen LogP contribution < -0.4 is 10.6 Å². The Morgan fingerprint density at radius 1 is 1.09 bits per heavy atom. The summed E-state index contributed by atoms with van der Waals surface area (Å²) in [5.41, 5.74) is 3.35. The molecule has 0 heterocycles. The summed E-state index contributed by atoms with van der Waals surface area (Å²) in [6.45, 7) is 4.20. The van der Waals surface area contributed by atoms with Gasteiger partial charge in [0.2, 0.25) is 5.91 Å². The Labute approximate surface area is 140 Å². The number of rotatable bonds is 5. The summed E-state index contributed by atoms with van der Waals surface area (Å²) < 4.78 is 0. The van der Waals surface area contributed by atoms with E-state index in [0.717, 1.165) is 16.8 Å². The van der Waals surface area contributed by atoms with E-state index in [9.17, 15) is 9.59 Å². The Bertz CT molecular complexity index is 729. The zero-order valence-electron chi connectivity index (χ0n) is 13.2. The average molecular weight is 331 g/mol. The number of carbonyl (C=O) groups excluding carboxylic acids is 2. The van der Waals surface area contributed by atoms with E-state index in [2.05, 4.69) is 10.6 Å². The summed E-state index contributed by atoms with van der Waals surface area (Å²) in [5.74, 6) is -0.425. The maximum atomic E-state index is 12.0. The molecule has 0 unspecified atom stereocenters. The van der Waals surface area contributed by atoms with Crippen LogP contribution in [0.3, 0.4) is 0 Å². The first-order chi connectivity index (χ1) is 11.0. The topological polar surface area (TPSA) is 58.2 Å². The van der Waals surface area contributed by atoms with Crippen molar-refractivity contribution >= 4 is 29.1 Å². The fourth-order valence-corrected chi connectivity index (χ4v) is 2.42. The van der Waals surface area contributed by atoms with E-state index < -0.39 is 0 Å². The van der Waals surface area contributed by atoms with Gasteiger partial charge in [0.15, 0.2) is 0 Å². The molecule has 0 spiro atoms. The van der Waals surface area contributed by atoms with Crippen LogP contribution in [0.5, 0.6) is 0 Å². The van der Waals surface area contributed by atoms with E-state index in [1.54, 1.807) is 24.3 Å². The van der Waals surface area contributed by atoms with Gasteiger partial charge in [0.25, 0.3) is 5.91 Å². The van der Waals surface area contributed by atoms with Crippen LogP contribution in [0.2, 0.25) is 5.02 Å². The third-order valence-electron chi connectivity index (χ3n) is 3.41. The van der Waals surface area contributed by atoms with Crippen molar-refractivity contribution in [3.63, 3.8) is 0 Å². The van der Waals surface area contributed by atoms with Gasteiger partial charge in [0.1, 0.15) is 0 Å². The molecule has 0 bridgehead atoms. The molecule has 0 radical (unpaired) electrons. The lowest BCUT2D eigenvalue weighted by Crippen LogP contribution is -2.28. The minimum absolute atomic E-state index is 0.142. The van der Waals surface area contributed by atoms with Crippen LogP contribution in [0.4, 0.5) is 5.69 Å². The van der Waals surface area contributed by atoms with Gasteiger partial charge in [-0.3, -0.25) is 9.59 Å². The highest BCUT2D eigenvalue weighted by Crippen LogP contribution is 2.16. The second-order valence-electron chi connectivity index (χ2n) is 5.35. The molecule has 120 valence electrons. The molecule has 0 saturated heterocycles. The van der Waals surface area contributed by atoms with Crippen LogP contribution in [0.15, 0.2) is 42.5 Å². The second kappa shape index (κ2) is 7.79. The van der Waals surface area contributed by atoms with E-state index in [1.807, 2.05) is 32.0 Å². The van der Waals surface area contributed by atoms with E-state index in [4.69, 9.17) is 11.6 Å². The van der Waals surface area contributed by atoms with Crippen molar-refractivity contribution in [1.82, 2.24) is 5.32 Å². The Morgan fingerprint density at radius 2 is 1.83 bits per heavy atom. The predicted octanol–water partition coefficient (Wildman–Crippen LogP) is 3.72. The highest BCUT2D eigenvalue weighted by atomic mass is 35.5. The van der Waals surface area contributed by atoms with Crippen LogP contribution in [-0.4, -0.2) is 18.4 Å². The molecule has 0 aliphatic carbocycles. The van der Waals surface area contributed by atoms with E-state index >= 15 is 0 Å². The Kier molecular flexibility index (Phi) is 5.77. The third-order valence-corrected chi connectivity index (χ3v) is 3.74. The summed E-state index contributed by atoms with van der Waals surface area (Å²) >= 11 is 5.96. The van der Waals surface area contributed by atoms with Gasteiger partial charge in [-0.15, -0.1) is 0 Å². The van der Waals surface area contributed by atoms with Crippen LogP contribution in [0.25, 0.3) is 0 Å². The van der Waals surface area contributed by atoms with Gasteiger partial charge < -0.3 is 10.6 Å². The Balaban J connectivity index is 1.83. The molecule has 5 heteroatoms. The van der Waals surface area contributed by atoms with Gasteiger partial charge in [0, 0.05) is 18.7 Å². The van der Waals surface area contributed by atoms with Crippen LogP contribution in [0.1, 0.15) is 27.9 Å². The minimum Gasteiger partial charge on any atom is -0.351 e. The number of hydrogen-bond acceptors (Lipinski definition) is 2. The van der Waals surface area contributed by atoms with Crippen molar-refractivity contribution in [2.24, 2.45) is 0 Å². The molecule has 2 rings (SSSR count). The van der Waals surface area contributed by atoms with Crippen molar-refractivity contribution in [2.45, 2.75) is 20.3 Å². The third kappa shape index (κ3) is 4.83. The fraction of sp³-hybridized carbons (Fsp3) is 0.222. The number of benzene rings is 2. The van der Waals surface area contributed by atoms with E-state index in [-0.39, 0.29) is 24.8 Å². The molecule has 2 aromatic rings. The van der Waals surface area contributed by atoms with Gasteiger partial charge in [-0.25, -0.2) is 0 Å². The Hall–Kier alpha value is -2.33. The molecule has 0 fully saturated rings.